The van der Waals surface area contributed by atoms with Gasteiger partial charge in [-0.15, -0.1) is 0 Å². The van der Waals surface area contributed by atoms with Gasteiger partial charge in [-0.1, -0.05) is 62.0 Å². The van der Waals surface area contributed by atoms with E-state index in [1.807, 2.05) is 0 Å². The molecule has 0 aromatic rings. The number of carbonyl (C=O) groups is 1. The van der Waals surface area contributed by atoms with E-state index in [0.717, 1.165) is 51.4 Å². The lowest BCUT2D eigenvalue weighted by molar-refractivity contribution is -0.506. The number of unbranched alkanes of at least 4 members (excludes halogenated alkanes) is 3. The number of nitro groups is 1. The third-order valence-corrected chi connectivity index (χ3v) is 3.52. The molecule has 0 spiro atoms. The summed E-state index contributed by atoms with van der Waals surface area (Å²) in [6.07, 6.45) is 25.8. The molecule has 0 radical (unpaired) electrons. The lowest BCUT2D eigenvalue weighted by Gasteiger charge is -2.01. The van der Waals surface area contributed by atoms with E-state index in [1.54, 1.807) is 0 Å². The quantitative estimate of drug-likeness (QED) is 0.129. The molecule has 0 rings (SSSR count). The summed E-state index contributed by atoms with van der Waals surface area (Å²) in [5.74, 6) is 0. The first-order valence-corrected chi connectivity index (χ1v) is 8.91. The van der Waals surface area contributed by atoms with Crippen LogP contribution < -0.4 is 0 Å². The van der Waals surface area contributed by atoms with Crippen molar-refractivity contribution in [2.45, 2.75) is 70.8 Å². The van der Waals surface area contributed by atoms with Gasteiger partial charge in [0.15, 0.2) is 6.29 Å². The van der Waals surface area contributed by atoms with Crippen LogP contribution in [-0.2, 0) is 4.79 Å². The molecule has 0 fully saturated rings. The van der Waals surface area contributed by atoms with E-state index < -0.39 is 11.0 Å². The van der Waals surface area contributed by atoms with Gasteiger partial charge in [0.25, 0.3) is 6.04 Å². The van der Waals surface area contributed by atoms with Crippen molar-refractivity contribution in [2.24, 2.45) is 0 Å². The molecule has 0 aliphatic rings. The first kappa shape index (κ1) is 22.0. The maximum Gasteiger partial charge on any atom is 0.267 e. The average Bonchev–Trinajstić information content (AvgIpc) is 2.57. The molecule has 0 aliphatic heterocycles. The molecule has 0 amide bonds. The van der Waals surface area contributed by atoms with Crippen LogP contribution in [0.5, 0.6) is 0 Å². The van der Waals surface area contributed by atoms with Crippen LogP contribution in [0.4, 0.5) is 0 Å². The topological polar surface area (TPSA) is 60.2 Å². The van der Waals surface area contributed by atoms with Crippen molar-refractivity contribution in [3.8, 4) is 0 Å². The van der Waals surface area contributed by atoms with Gasteiger partial charge in [0.05, 0.1) is 0 Å². The second-order valence-electron chi connectivity index (χ2n) is 5.63. The van der Waals surface area contributed by atoms with E-state index >= 15 is 0 Å². The minimum absolute atomic E-state index is 0.352. The van der Waals surface area contributed by atoms with Crippen molar-refractivity contribution in [2.75, 3.05) is 0 Å². The highest BCUT2D eigenvalue weighted by atomic mass is 16.6. The van der Waals surface area contributed by atoms with E-state index in [1.165, 1.54) is 0 Å². The summed E-state index contributed by atoms with van der Waals surface area (Å²) in [7, 11) is 0. The zero-order chi connectivity index (χ0) is 17.9. The normalized spacial score (nSPS) is 13.5. The van der Waals surface area contributed by atoms with Crippen LogP contribution in [0.2, 0.25) is 0 Å². The first-order chi connectivity index (χ1) is 11.7. The van der Waals surface area contributed by atoms with Crippen LogP contribution in [-0.4, -0.2) is 17.3 Å². The van der Waals surface area contributed by atoms with Crippen LogP contribution in [0.15, 0.2) is 48.6 Å². The molecule has 0 saturated heterocycles. The summed E-state index contributed by atoms with van der Waals surface area (Å²) in [5, 5.41) is 10.5. The van der Waals surface area contributed by atoms with Crippen LogP contribution >= 0.6 is 0 Å². The smallest absolute Gasteiger partial charge is 0.267 e. The zero-order valence-corrected chi connectivity index (χ0v) is 14.8. The number of aldehydes is 1. The first-order valence-electron chi connectivity index (χ1n) is 8.91. The number of carbonyl (C=O) groups excluding carboxylic acids is 1. The summed E-state index contributed by atoms with van der Waals surface area (Å²) < 4.78 is 0. The molecular formula is C20H31NO3. The van der Waals surface area contributed by atoms with Gasteiger partial charge >= 0.3 is 0 Å². The minimum Gasteiger partial charge on any atom is -0.296 e. The van der Waals surface area contributed by atoms with Gasteiger partial charge in [-0.25, -0.2) is 0 Å². The monoisotopic (exact) mass is 333 g/mol. The number of nitrogens with zero attached hydrogens (tertiary/aromatic N) is 1. The Balaban J connectivity index is 3.49. The lowest BCUT2D eigenvalue weighted by Crippen LogP contribution is -2.20. The SMILES string of the molecule is CC/C=C/C/C=C/C/C=C/C/C=C/CCCCCC(C=O)[N+](=O)[O-]. The summed E-state index contributed by atoms with van der Waals surface area (Å²) in [6, 6.07) is -1.03. The minimum atomic E-state index is -1.03. The Hall–Kier alpha value is -1.97. The molecule has 0 aromatic heterocycles. The van der Waals surface area contributed by atoms with Gasteiger partial charge in [-0.05, 0) is 44.9 Å². The molecule has 0 N–H and O–H groups in total. The van der Waals surface area contributed by atoms with E-state index in [4.69, 9.17) is 0 Å². The Morgan fingerprint density at radius 1 is 0.833 bits per heavy atom. The summed E-state index contributed by atoms with van der Waals surface area (Å²) in [4.78, 5) is 20.4. The highest BCUT2D eigenvalue weighted by Gasteiger charge is 2.17. The predicted molar refractivity (Wildman–Crippen MR) is 101 cm³/mol. The molecule has 1 atom stereocenters. The largest absolute Gasteiger partial charge is 0.296 e. The molecule has 4 heteroatoms. The van der Waals surface area contributed by atoms with E-state index in [9.17, 15) is 14.9 Å². The molecule has 24 heavy (non-hydrogen) atoms. The predicted octanol–water partition coefficient (Wildman–Crippen LogP) is 5.59. The second kappa shape index (κ2) is 17.4. The Labute approximate surface area is 146 Å². The molecule has 0 aliphatic carbocycles. The Morgan fingerprint density at radius 3 is 1.88 bits per heavy atom. The number of hydrogen-bond donors (Lipinski definition) is 0. The fourth-order valence-corrected chi connectivity index (χ4v) is 2.11. The Kier molecular flexibility index (Phi) is 16.0. The molecule has 0 saturated carbocycles. The Morgan fingerprint density at radius 2 is 1.38 bits per heavy atom. The number of hydrogen-bond acceptors (Lipinski definition) is 3. The molecule has 134 valence electrons. The molecular weight excluding hydrogens is 302 g/mol. The standard InChI is InChI=1S/C20H31NO3/c1-2-3-4-5-6-7-8-9-10-11-12-13-14-15-16-17-18-20(19-22)21(23)24/h3-4,6-7,9-10,12-13,19-20H,2,5,8,11,14-18H2,1H3/b4-3+,7-6+,10-9+,13-12+. The molecule has 0 heterocycles. The van der Waals surface area contributed by atoms with Crippen molar-refractivity contribution in [1.29, 1.82) is 0 Å². The fraction of sp³-hybridized carbons (Fsp3) is 0.550. The van der Waals surface area contributed by atoms with E-state index in [-0.39, 0.29) is 0 Å². The Bertz CT molecular complexity index is 436. The second-order valence-corrected chi connectivity index (χ2v) is 5.63. The van der Waals surface area contributed by atoms with Crippen LogP contribution in [0, 0.1) is 10.1 Å². The van der Waals surface area contributed by atoms with Gasteiger partial charge < -0.3 is 0 Å². The summed E-state index contributed by atoms with van der Waals surface area (Å²) in [5.41, 5.74) is 0. The van der Waals surface area contributed by atoms with Crippen LogP contribution in [0.3, 0.4) is 0 Å². The van der Waals surface area contributed by atoms with Crippen LogP contribution in [0.1, 0.15) is 64.7 Å². The van der Waals surface area contributed by atoms with Crippen molar-refractivity contribution >= 4 is 6.29 Å². The third-order valence-electron chi connectivity index (χ3n) is 3.52. The lowest BCUT2D eigenvalue weighted by atomic mass is 10.1. The van der Waals surface area contributed by atoms with Gasteiger partial charge in [0, 0.05) is 11.3 Å². The van der Waals surface area contributed by atoms with Gasteiger partial charge in [-0.3, -0.25) is 14.9 Å². The maximum atomic E-state index is 10.5. The average molecular weight is 333 g/mol. The molecule has 1 unspecified atom stereocenters. The molecule has 0 bridgehead atoms. The van der Waals surface area contributed by atoms with Crippen molar-refractivity contribution in [3.63, 3.8) is 0 Å². The fourth-order valence-electron chi connectivity index (χ4n) is 2.11. The third kappa shape index (κ3) is 14.9. The molecule has 0 aromatic carbocycles. The molecule has 4 nitrogen and oxygen atoms in total. The van der Waals surface area contributed by atoms with Crippen molar-refractivity contribution < 1.29 is 9.72 Å². The number of allylic oxidation sites excluding steroid dienone is 8. The van der Waals surface area contributed by atoms with Gasteiger partial charge in [0.2, 0.25) is 0 Å². The summed E-state index contributed by atoms with van der Waals surface area (Å²) >= 11 is 0. The maximum absolute atomic E-state index is 10.5. The number of rotatable bonds is 15. The highest BCUT2D eigenvalue weighted by molar-refractivity contribution is 5.55. The van der Waals surface area contributed by atoms with Crippen LogP contribution in [0.25, 0.3) is 0 Å². The van der Waals surface area contributed by atoms with Crippen molar-refractivity contribution in [1.82, 2.24) is 0 Å². The van der Waals surface area contributed by atoms with Gasteiger partial charge in [-0.2, -0.15) is 0 Å². The van der Waals surface area contributed by atoms with Gasteiger partial charge in [0.1, 0.15) is 0 Å². The highest BCUT2D eigenvalue weighted by Crippen LogP contribution is 2.07. The van der Waals surface area contributed by atoms with E-state index in [0.29, 0.717) is 12.7 Å². The zero-order valence-electron chi connectivity index (χ0n) is 14.8. The van der Waals surface area contributed by atoms with E-state index in [2.05, 4.69) is 55.5 Å². The van der Waals surface area contributed by atoms with Crippen molar-refractivity contribution in [3.05, 3.63) is 58.7 Å². The summed E-state index contributed by atoms with van der Waals surface area (Å²) in [6.45, 7) is 2.13.